The van der Waals surface area contributed by atoms with E-state index < -0.39 is 12.1 Å². The topological polar surface area (TPSA) is 43.4 Å². The van der Waals surface area contributed by atoms with Crippen LogP contribution in [0.1, 0.15) is 16.8 Å². The van der Waals surface area contributed by atoms with Gasteiger partial charge in [-0.1, -0.05) is 34.8 Å². The van der Waals surface area contributed by atoms with Crippen LogP contribution in [0.3, 0.4) is 0 Å². The van der Waals surface area contributed by atoms with Gasteiger partial charge in [0.25, 0.3) is 0 Å². The standard InChI is InChI=1S/C12H7Cl3O3/c13-7-3-1-6(2-4-7)8(16)5-9-10(14)11(15)12(17)18-9/h1-4,9H,5H2/t9-/m0/s1. The fourth-order valence-corrected chi connectivity index (χ4v) is 2.02. The van der Waals surface area contributed by atoms with E-state index >= 15 is 0 Å². The Balaban J connectivity index is 2.09. The third kappa shape index (κ3) is 2.69. The highest BCUT2D eigenvalue weighted by molar-refractivity contribution is 6.48. The summed E-state index contributed by atoms with van der Waals surface area (Å²) in [6.45, 7) is 0. The summed E-state index contributed by atoms with van der Waals surface area (Å²) in [6, 6.07) is 6.42. The molecule has 3 nitrogen and oxygen atoms in total. The van der Waals surface area contributed by atoms with Crippen LogP contribution in [0.2, 0.25) is 5.02 Å². The first-order valence-corrected chi connectivity index (χ1v) is 6.17. The van der Waals surface area contributed by atoms with Gasteiger partial charge in [0.2, 0.25) is 0 Å². The molecule has 1 heterocycles. The molecule has 1 aliphatic rings. The minimum Gasteiger partial charge on any atom is -0.452 e. The van der Waals surface area contributed by atoms with Crippen LogP contribution in [0.25, 0.3) is 0 Å². The molecule has 1 atom stereocenters. The first-order valence-electron chi connectivity index (χ1n) is 5.04. The predicted octanol–water partition coefficient (Wildman–Crippen LogP) is 3.53. The van der Waals surface area contributed by atoms with Crippen LogP contribution in [-0.4, -0.2) is 17.9 Å². The van der Waals surface area contributed by atoms with Crippen molar-refractivity contribution >= 4 is 46.6 Å². The van der Waals surface area contributed by atoms with E-state index in [2.05, 4.69) is 0 Å². The van der Waals surface area contributed by atoms with Crippen molar-refractivity contribution in [2.24, 2.45) is 0 Å². The third-order valence-electron chi connectivity index (χ3n) is 2.46. The average Bonchev–Trinajstić information content (AvgIpc) is 2.58. The van der Waals surface area contributed by atoms with Gasteiger partial charge in [-0.15, -0.1) is 0 Å². The number of ether oxygens (including phenoxy) is 1. The van der Waals surface area contributed by atoms with Gasteiger partial charge in [-0.3, -0.25) is 4.79 Å². The highest BCUT2D eigenvalue weighted by Crippen LogP contribution is 2.31. The molecule has 1 aliphatic heterocycles. The quantitative estimate of drug-likeness (QED) is 0.634. The molecular formula is C12H7Cl3O3. The Bertz CT molecular complexity index is 534. The van der Waals surface area contributed by atoms with E-state index in [0.717, 1.165) is 0 Å². The zero-order chi connectivity index (χ0) is 13.3. The van der Waals surface area contributed by atoms with E-state index in [1.165, 1.54) is 0 Å². The van der Waals surface area contributed by atoms with Crippen molar-refractivity contribution in [1.82, 2.24) is 0 Å². The summed E-state index contributed by atoms with van der Waals surface area (Å²) >= 11 is 17.1. The maximum absolute atomic E-state index is 11.9. The number of carbonyl (C=O) groups is 2. The zero-order valence-electron chi connectivity index (χ0n) is 8.95. The lowest BCUT2D eigenvalue weighted by Crippen LogP contribution is -2.15. The van der Waals surface area contributed by atoms with Crippen molar-refractivity contribution in [3.05, 3.63) is 44.9 Å². The Morgan fingerprint density at radius 1 is 1.17 bits per heavy atom. The van der Waals surface area contributed by atoms with Gasteiger partial charge < -0.3 is 4.74 Å². The van der Waals surface area contributed by atoms with Crippen molar-refractivity contribution in [2.45, 2.75) is 12.5 Å². The normalized spacial score (nSPS) is 19.1. The molecule has 1 aromatic rings. The van der Waals surface area contributed by atoms with Gasteiger partial charge in [0.1, 0.15) is 11.1 Å². The third-order valence-corrected chi connectivity index (χ3v) is 3.60. The van der Waals surface area contributed by atoms with E-state index in [1.807, 2.05) is 0 Å². The second-order valence-corrected chi connectivity index (χ2v) is 4.91. The van der Waals surface area contributed by atoms with E-state index in [0.29, 0.717) is 10.6 Å². The van der Waals surface area contributed by atoms with Crippen LogP contribution in [0.4, 0.5) is 0 Å². The fourth-order valence-electron chi connectivity index (χ4n) is 1.52. The maximum Gasteiger partial charge on any atom is 0.351 e. The van der Waals surface area contributed by atoms with E-state index in [4.69, 9.17) is 39.5 Å². The SMILES string of the molecule is O=C1O[C@@H](CC(=O)c2ccc(Cl)cc2)C(Cl)=C1Cl. The molecule has 0 fully saturated rings. The van der Waals surface area contributed by atoms with Crippen LogP contribution in [0.15, 0.2) is 34.3 Å². The number of rotatable bonds is 3. The summed E-state index contributed by atoms with van der Waals surface area (Å²) in [6.07, 6.45) is -0.836. The van der Waals surface area contributed by atoms with Gasteiger partial charge in [0, 0.05) is 10.6 Å². The first kappa shape index (κ1) is 13.4. The fraction of sp³-hybridized carbons (Fsp3) is 0.167. The Kier molecular flexibility index (Phi) is 3.95. The second kappa shape index (κ2) is 5.31. The van der Waals surface area contributed by atoms with Crippen LogP contribution in [-0.2, 0) is 9.53 Å². The molecule has 0 spiro atoms. The largest absolute Gasteiger partial charge is 0.452 e. The van der Waals surface area contributed by atoms with Crippen molar-refractivity contribution in [2.75, 3.05) is 0 Å². The zero-order valence-corrected chi connectivity index (χ0v) is 11.2. The molecule has 0 saturated heterocycles. The van der Waals surface area contributed by atoms with Crippen LogP contribution < -0.4 is 0 Å². The molecule has 0 aromatic heterocycles. The molecule has 94 valence electrons. The predicted molar refractivity (Wildman–Crippen MR) is 69.0 cm³/mol. The molecule has 0 radical (unpaired) electrons. The molecule has 2 rings (SSSR count). The summed E-state index contributed by atoms with van der Waals surface area (Å²) in [5, 5.41) is 0.453. The lowest BCUT2D eigenvalue weighted by Gasteiger charge is -2.09. The smallest absolute Gasteiger partial charge is 0.351 e. The summed E-state index contributed by atoms with van der Waals surface area (Å²) in [5.74, 6) is -0.899. The Morgan fingerprint density at radius 3 is 2.28 bits per heavy atom. The van der Waals surface area contributed by atoms with Gasteiger partial charge in [-0.05, 0) is 24.3 Å². The summed E-state index contributed by atoms with van der Waals surface area (Å²) in [5.41, 5.74) is 0.475. The summed E-state index contributed by atoms with van der Waals surface area (Å²) < 4.78 is 4.88. The van der Waals surface area contributed by atoms with Crippen molar-refractivity contribution < 1.29 is 14.3 Å². The number of hydrogen-bond acceptors (Lipinski definition) is 3. The number of ketones is 1. The Hall–Kier alpha value is -1.03. The monoisotopic (exact) mass is 304 g/mol. The lowest BCUT2D eigenvalue weighted by molar-refractivity contribution is -0.138. The molecule has 0 saturated carbocycles. The average molecular weight is 306 g/mol. The van der Waals surface area contributed by atoms with Gasteiger partial charge >= 0.3 is 5.97 Å². The van der Waals surface area contributed by atoms with Gasteiger partial charge in [0.05, 0.1) is 11.5 Å². The van der Waals surface area contributed by atoms with Crippen molar-refractivity contribution in [1.29, 1.82) is 0 Å². The van der Waals surface area contributed by atoms with Gasteiger partial charge in [-0.25, -0.2) is 4.79 Å². The second-order valence-electron chi connectivity index (χ2n) is 3.69. The molecule has 0 aliphatic carbocycles. The minimum atomic E-state index is -0.796. The lowest BCUT2D eigenvalue weighted by atomic mass is 10.1. The molecular weight excluding hydrogens is 298 g/mol. The molecule has 0 N–H and O–H groups in total. The number of carbonyl (C=O) groups excluding carboxylic acids is 2. The maximum atomic E-state index is 11.9. The van der Waals surface area contributed by atoms with Crippen molar-refractivity contribution in [3.63, 3.8) is 0 Å². The molecule has 6 heteroatoms. The summed E-state index contributed by atoms with van der Waals surface area (Å²) in [7, 11) is 0. The molecule has 0 unspecified atom stereocenters. The van der Waals surface area contributed by atoms with E-state index in [1.54, 1.807) is 24.3 Å². The minimum absolute atomic E-state index is 0.0393. The van der Waals surface area contributed by atoms with Gasteiger partial charge in [0.15, 0.2) is 5.78 Å². The number of halogens is 3. The molecule has 18 heavy (non-hydrogen) atoms. The van der Waals surface area contributed by atoms with Crippen LogP contribution >= 0.6 is 34.8 Å². The van der Waals surface area contributed by atoms with Gasteiger partial charge in [-0.2, -0.15) is 0 Å². The Morgan fingerprint density at radius 2 is 1.78 bits per heavy atom. The van der Waals surface area contributed by atoms with E-state index in [9.17, 15) is 9.59 Å². The highest BCUT2D eigenvalue weighted by Gasteiger charge is 2.33. The van der Waals surface area contributed by atoms with Crippen LogP contribution in [0.5, 0.6) is 0 Å². The van der Waals surface area contributed by atoms with E-state index in [-0.39, 0.29) is 22.3 Å². The summed E-state index contributed by atoms with van der Waals surface area (Å²) in [4.78, 5) is 23.0. The molecule has 0 bridgehead atoms. The number of cyclic esters (lactones) is 1. The van der Waals surface area contributed by atoms with Crippen LogP contribution in [0, 0.1) is 0 Å². The molecule has 1 aromatic carbocycles. The highest BCUT2D eigenvalue weighted by atomic mass is 35.5. The Labute approximate surface area is 118 Å². The number of hydrogen-bond donors (Lipinski definition) is 0. The first-order chi connectivity index (χ1) is 8.49. The number of benzene rings is 1. The number of esters is 1. The van der Waals surface area contributed by atoms with Crippen molar-refractivity contribution in [3.8, 4) is 0 Å². The molecule has 0 amide bonds. The number of Topliss-reactive ketones (excluding diaryl/α,β-unsaturated/α-hetero) is 1.